The fourth-order valence-corrected chi connectivity index (χ4v) is 9.15. The number of amides is 2. The summed E-state index contributed by atoms with van der Waals surface area (Å²) < 4.78 is 10.7. The van der Waals surface area contributed by atoms with Gasteiger partial charge in [-0.2, -0.15) is 0 Å². The average Bonchev–Trinajstić information content (AvgIpc) is 3.84. The number of carbonyl (C=O) groups excluding carboxylic acids is 2. The molecule has 2 saturated heterocycles. The molecule has 4 N–H and O–H groups in total. The van der Waals surface area contributed by atoms with Crippen LogP contribution in [0.4, 0.5) is 5.13 Å². The van der Waals surface area contributed by atoms with Gasteiger partial charge in [0.05, 0.1) is 12.7 Å². The van der Waals surface area contributed by atoms with Gasteiger partial charge in [-0.25, -0.2) is 9.78 Å². The number of ether oxygens (including phenoxy) is 2. The number of carbonyl (C=O) groups is 3. The molecule has 0 spiro atoms. The van der Waals surface area contributed by atoms with E-state index in [2.05, 4.69) is 15.5 Å². The maximum atomic E-state index is 14.1. The minimum atomic E-state index is -1.29. The molecular weight excluding hydrogens is 699 g/mol. The van der Waals surface area contributed by atoms with E-state index in [0.717, 1.165) is 28.0 Å². The summed E-state index contributed by atoms with van der Waals surface area (Å²) in [4.78, 5) is 52.7. The first kappa shape index (κ1) is 33.8. The Kier molecular flexibility index (Phi) is 9.92. The fraction of sp³-hybridized carbons (Fsp3) is 0.229. The fourth-order valence-electron chi connectivity index (χ4n) is 5.96. The quantitative estimate of drug-likeness (QED) is 0.0827. The summed E-state index contributed by atoms with van der Waals surface area (Å²) in [5, 5.41) is 18.6. The Morgan fingerprint density at radius 1 is 1.04 bits per heavy atom. The lowest BCUT2D eigenvalue weighted by atomic mass is 9.80. The predicted octanol–water partition coefficient (Wildman–Crippen LogP) is 4.24. The Hall–Kier alpha value is -4.67. The van der Waals surface area contributed by atoms with Crippen molar-refractivity contribution in [2.45, 2.75) is 23.1 Å². The van der Waals surface area contributed by atoms with Crippen molar-refractivity contribution in [3.8, 4) is 0 Å². The van der Waals surface area contributed by atoms with Gasteiger partial charge in [0.2, 0.25) is 5.60 Å². The van der Waals surface area contributed by atoms with Crippen LogP contribution in [0.1, 0.15) is 22.4 Å². The van der Waals surface area contributed by atoms with Crippen molar-refractivity contribution in [2.75, 3.05) is 30.6 Å². The number of nitrogens with two attached hydrogens (primary N) is 1. The second-order valence-corrected chi connectivity index (χ2v) is 14.5. The molecule has 256 valence electrons. The van der Waals surface area contributed by atoms with E-state index in [1.807, 2.05) is 91.0 Å². The van der Waals surface area contributed by atoms with Crippen LogP contribution in [0.25, 0.3) is 0 Å². The number of hydrogen-bond acceptors (Lipinski definition) is 12. The van der Waals surface area contributed by atoms with Crippen LogP contribution in [0.2, 0.25) is 0 Å². The third-order valence-electron chi connectivity index (χ3n) is 8.35. The number of oxime groups is 1. The third-order valence-corrected chi connectivity index (χ3v) is 11.7. The zero-order valence-electron chi connectivity index (χ0n) is 26.3. The van der Waals surface area contributed by atoms with Gasteiger partial charge >= 0.3 is 5.97 Å². The number of rotatable bonds is 12. The molecule has 3 unspecified atom stereocenters. The first-order chi connectivity index (χ1) is 24.4. The van der Waals surface area contributed by atoms with Crippen molar-refractivity contribution >= 4 is 63.5 Å². The van der Waals surface area contributed by atoms with Gasteiger partial charge in [-0.3, -0.25) is 14.5 Å². The van der Waals surface area contributed by atoms with Crippen molar-refractivity contribution < 1.29 is 33.8 Å². The van der Waals surface area contributed by atoms with Gasteiger partial charge in [-0.1, -0.05) is 96.2 Å². The molecule has 2 fully saturated rings. The number of carboxylic acids is 1. The number of nitrogens with one attached hydrogen (secondary N) is 1. The Balaban J connectivity index is 1.20. The molecule has 0 bridgehead atoms. The molecule has 7 rings (SSSR count). The van der Waals surface area contributed by atoms with Gasteiger partial charge in [-0.05, 0) is 0 Å². The Morgan fingerprint density at radius 3 is 2.18 bits per heavy atom. The molecule has 4 heterocycles. The zero-order valence-corrected chi connectivity index (χ0v) is 28.8. The number of carboxylic acid groups (broad SMARTS) is 1. The third kappa shape index (κ3) is 6.50. The lowest BCUT2D eigenvalue weighted by Crippen LogP contribution is -2.71. The molecule has 12 nitrogen and oxygen atoms in total. The summed E-state index contributed by atoms with van der Waals surface area (Å²) in [6.45, 7) is 0.630. The highest BCUT2D eigenvalue weighted by Crippen LogP contribution is 2.44. The van der Waals surface area contributed by atoms with Crippen LogP contribution >= 0.6 is 34.9 Å². The largest absolute Gasteiger partial charge is 0.477 e. The van der Waals surface area contributed by atoms with E-state index in [-0.39, 0.29) is 35.1 Å². The van der Waals surface area contributed by atoms with Gasteiger partial charge in [0.1, 0.15) is 29.6 Å². The van der Waals surface area contributed by atoms with Gasteiger partial charge in [0.15, 0.2) is 10.8 Å². The smallest absolute Gasteiger partial charge is 0.353 e. The number of β-lactam (4-membered cyclic amide) rings is 1. The first-order valence-corrected chi connectivity index (χ1v) is 18.5. The molecule has 3 aliphatic heterocycles. The summed E-state index contributed by atoms with van der Waals surface area (Å²) in [6, 6.07) is 27.6. The summed E-state index contributed by atoms with van der Waals surface area (Å²) in [6.07, 6.45) is -0.159. The predicted molar refractivity (Wildman–Crippen MR) is 191 cm³/mol. The summed E-state index contributed by atoms with van der Waals surface area (Å²) in [7, 11) is 0. The maximum absolute atomic E-state index is 14.1. The molecule has 50 heavy (non-hydrogen) atoms. The summed E-state index contributed by atoms with van der Waals surface area (Å²) in [5.74, 6) is -1.64. The van der Waals surface area contributed by atoms with E-state index in [1.165, 1.54) is 28.4 Å². The van der Waals surface area contributed by atoms with Gasteiger partial charge < -0.3 is 30.5 Å². The Morgan fingerprint density at radius 2 is 1.66 bits per heavy atom. The number of aromatic nitrogens is 1. The number of benzene rings is 3. The molecule has 15 heteroatoms. The van der Waals surface area contributed by atoms with Crippen LogP contribution in [-0.2, 0) is 34.3 Å². The number of thioether (sulfide) groups is 2. The van der Waals surface area contributed by atoms with Gasteiger partial charge in [-0.15, -0.1) is 34.9 Å². The monoisotopic (exact) mass is 729 g/mol. The zero-order chi connectivity index (χ0) is 34.7. The Labute approximate surface area is 299 Å². The molecule has 3 aromatic carbocycles. The molecular formula is C35H31N5O7S3. The average molecular weight is 730 g/mol. The minimum absolute atomic E-state index is 0.0870. The van der Waals surface area contributed by atoms with Crippen LogP contribution in [0.15, 0.2) is 112 Å². The molecule has 2 amide bonds. The van der Waals surface area contributed by atoms with Crippen LogP contribution in [0.5, 0.6) is 0 Å². The van der Waals surface area contributed by atoms with E-state index in [0.29, 0.717) is 23.0 Å². The van der Waals surface area contributed by atoms with Gasteiger partial charge in [0.25, 0.3) is 11.8 Å². The summed E-state index contributed by atoms with van der Waals surface area (Å²) >= 11 is 3.83. The van der Waals surface area contributed by atoms with E-state index >= 15 is 0 Å². The molecule has 0 aliphatic carbocycles. The molecule has 3 atom stereocenters. The van der Waals surface area contributed by atoms with Crippen LogP contribution < -0.4 is 11.1 Å². The number of hydrogen-bond donors (Lipinski definition) is 3. The highest BCUT2D eigenvalue weighted by atomic mass is 32.2. The number of nitrogens with zero attached hydrogens (tertiary/aromatic N) is 3. The normalized spacial score (nSPS) is 20.6. The topological polar surface area (TPSA) is 166 Å². The second-order valence-electron chi connectivity index (χ2n) is 11.4. The standard InChI is InChI=1S/C35H31N5O7S3/c36-34-37-25(18-50-34)27(39-47-35(21-10-4-1-5-11-21,22-12-6-2-7-13-22)23-14-8-3-9-15-23)30(41)38-28-31(42)40-29(33(43)44)26(19-49-32(28)40)48-17-24-16-45-20-46-24/h1-15,18,24,28,32H,16-17,19-20H2,(H2,36,37)(H,38,41)(H,43,44)/b39-27-. The van der Waals surface area contributed by atoms with Gasteiger partial charge in [0, 0.05) is 38.5 Å². The van der Waals surface area contributed by atoms with E-state index in [1.54, 1.807) is 5.38 Å². The molecule has 0 saturated carbocycles. The number of anilines is 1. The number of thiazole rings is 1. The lowest BCUT2D eigenvalue weighted by molar-refractivity contribution is -0.150. The van der Waals surface area contributed by atoms with E-state index in [9.17, 15) is 19.5 Å². The van der Waals surface area contributed by atoms with Crippen LogP contribution in [0.3, 0.4) is 0 Å². The molecule has 3 aliphatic rings. The minimum Gasteiger partial charge on any atom is -0.477 e. The van der Waals surface area contributed by atoms with Crippen molar-refractivity contribution in [1.82, 2.24) is 15.2 Å². The maximum Gasteiger partial charge on any atom is 0.353 e. The van der Waals surface area contributed by atoms with E-state index < -0.39 is 34.8 Å². The lowest BCUT2D eigenvalue weighted by Gasteiger charge is -2.49. The van der Waals surface area contributed by atoms with Crippen molar-refractivity contribution in [1.29, 1.82) is 0 Å². The first-order valence-electron chi connectivity index (χ1n) is 15.5. The van der Waals surface area contributed by atoms with Crippen LogP contribution in [0, 0.1) is 0 Å². The highest BCUT2D eigenvalue weighted by Gasteiger charge is 2.54. The second kappa shape index (κ2) is 14.7. The van der Waals surface area contributed by atoms with Crippen molar-refractivity contribution in [3.63, 3.8) is 0 Å². The SMILES string of the molecule is Nc1nc(/C(=N/OC(c2ccccc2)(c2ccccc2)c2ccccc2)C(=O)NC2C(=O)N3C(C(=O)O)=C(SCC4COCO4)CSC23)cs1. The van der Waals surface area contributed by atoms with Crippen molar-refractivity contribution in [3.05, 3.63) is 129 Å². The van der Waals surface area contributed by atoms with Crippen molar-refractivity contribution in [2.24, 2.45) is 5.16 Å². The summed E-state index contributed by atoms with van der Waals surface area (Å²) in [5.41, 5.74) is 6.85. The molecule has 4 aromatic rings. The molecule has 1 aromatic heterocycles. The Bertz CT molecular complexity index is 1840. The van der Waals surface area contributed by atoms with Crippen LogP contribution in [-0.4, -0.2) is 80.9 Å². The highest BCUT2D eigenvalue weighted by molar-refractivity contribution is 8.06. The number of fused-ring (bicyclic) bond motifs is 1. The number of nitrogen functional groups attached to an aromatic ring is 1. The molecule has 0 radical (unpaired) electrons. The van der Waals surface area contributed by atoms with E-state index in [4.69, 9.17) is 20.0 Å². The number of aliphatic carboxylic acids is 1.